The van der Waals surface area contributed by atoms with Gasteiger partial charge in [-0.3, -0.25) is 4.79 Å². The molecule has 1 heterocycles. The number of hydrogen-bond donors (Lipinski definition) is 4. The number of carbonyl (C=O) groups is 1. The van der Waals surface area contributed by atoms with Crippen LogP contribution in [0.25, 0.3) is 0 Å². The van der Waals surface area contributed by atoms with E-state index < -0.39 is 46.3 Å². The molecule has 5 rings (SSSR count). The lowest BCUT2D eigenvalue weighted by atomic mass is 9.76. The van der Waals surface area contributed by atoms with Gasteiger partial charge >= 0.3 is 6.61 Å². The number of allylic oxidation sites excluding steroid dienone is 2. The van der Waals surface area contributed by atoms with E-state index in [1.807, 2.05) is 30.3 Å². The first-order valence-electron chi connectivity index (χ1n) is 13.1. The number of nitrogens with one attached hydrogen (secondary N) is 1. The number of amides is 1. The zero-order valence-electron chi connectivity index (χ0n) is 21.5. The number of rotatable bonds is 8. The van der Waals surface area contributed by atoms with Crippen LogP contribution in [0.4, 0.5) is 13.2 Å². The molecule has 3 aliphatic rings. The molecule has 7 nitrogen and oxygen atoms in total. The molecule has 3 atom stereocenters. The summed E-state index contributed by atoms with van der Waals surface area (Å²) in [5.74, 6) is -7.31. The second kappa shape index (κ2) is 11.1. The highest BCUT2D eigenvalue weighted by Gasteiger charge is 2.53. The van der Waals surface area contributed by atoms with Crippen molar-refractivity contribution >= 4 is 17.5 Å². The highest BCUT2D eigenvalue weighted by atomic mass is 35.5. The Balaban J connectivity index is 1.54. The highest BCUT2D eigenvalue weighted by molar-refractivity contribution is 6.32. The van der Waals surface area contributed by atoms with Gasteiger partial charge in [0.25, 0.3) is 5.85 Å². The molecular formula is C29H30ClF3N2O5. The quantitative estimate of drug-likeness (QED) is 0.372. The van der Waals surface area contributed by atoms with Gasteiger partial charge in [-0.25, -0.2) is 4.39 Å². The Kier molecular flexibility index (Phi) is 7.89. The maximum Gasteiger partial charge on any atom is 0.387 e. The Hall–Kier alpha value is -3.05. The maximum absolute atomic E-state index is 16.1. The van der Waals surface area contributed by atoms with Crippen molar-refractivity contribution in [1.82, 2.24) is 5.32 Å². The molecule has 0 saturated heterocycles. The maximum atomic E-state index is 16.1. The minimum absolute atomic E-state index is 0.130. The minimum Gasteiger partial charge on any atom is -0.481 e. The summed E-state index contributed by atoms with van der Waals surface area (Å²) in [6.07, 6.45) is 3.84. The van der Waals surface area contributed by atoms with Crippen LogP contribution in [-0.4, -0.2) is 47.3 Å². The fourth-order valence-corrected chi connectivity index (χ4v) is 6.26. The van der Waals surface area contributed by atoms with Gasteiger partial charge < -0.3 is 30.7 Å². The van der Waals surface area contributed by atoms with Crippen LogP contribution in [0.3, 0.4) is 0 Å². The third-order valence-corrected chi connectivity index (χ3v) is 8.20. The van der Waals surface area contributed by atoms with Crippen molar-refractivity contribution in [3.63, 3.8) is 0 Å². The minimum atomic E-state index is -3.61. The zero-order valence-corrected chi connectivity index (χ0v) is 22.2. The molecule has 2 aliphatic carbocycles. The topological polar surface area (TPSA) is 114 Å². The fraction of sp³-hybridized carbons (Fsp3) is 0.414. The third kappa shape index (κ3) is 5.33. The van der Waals surface area contributed by atoms with E-state index in [-0.39, 0.29) is 24.1 Å². The van der Waals surface area contributed by atoms with E-state index in [1.165, 1.54) is 6.07 Å². The first-order chi connectivity index (χ1) is 19.0. The summed E-state index contributed by atoms with van der Waals surface area (Å²) in [7, 11) is 0. The number of alkyl halides is 3. The van der Waals surface area contributed by atoms with Crippen molar-refractivity contribution < 1.29 is 37.7 Å². The van der Waals surface area contributed by atoms with Crippen LogP contribution >= 0.6 is 11.6 Å². The molecule has 0 spiro atoms. The molecule has 2 aromatic rings. The summed E-state index contributed by atoms with van der Waals surface area (Å²) in [4.78, 5) is 12.4. The Morgan fingerprint density at radius 3 is 2.50 bits per heavy atom. The van der Waals surface area contributed by atoms with Crippen LogP contribution in [0, 0.1) is 0 Å². The summed E-state index contributed by atoms with van der Waals surface area (Å²) in [6, 6.07) is 14.3. The molecule has 0 bridgehead atoms. The number of halogens is 4. The van der Waals surface area contributed by atoms with E-state index in [4.69, 9.17) is 22.1 Å². The number of ether oxygens (including phenoxy) is 2. The van der Waals surface area contributed by atoms with Gasteiger partial charge in [-0.1, -0.05) is 54.1 Å². The van der Waals surface area contributed by atoms with Crippen LogP contribution in [0.15, 0.2) is 71.0 Å². The second-order valence-electron chi connectivity index (χ2n) is 10.5. The van der Waals surface area contributed by atoms with Gasteiger partial charge in [0, 0.05) is 30.1 Å². The van der Waals surface area contributed by atoms with Crippen molar-refractivity contribution in [2.75, 3.05) is 6.54 Å². The van der Waals surface area contributed by atoms with Crippen LogP contribution < -0.4 is 15.8 Å². The van der Waals surface area contributed by atoms with Crippen LogP contribution in [0.2, 0.25) is 0 Å². The first kappa shape index (κ1) is 28.5. The molecule has 1 saturated carbocycles. The molecule has 1 aliphatic heterocycles. The molecular weight excluding hydrogens is 549 g/mol. The van der Waals surface area contributed by atoms with Crippen LogP contribution in [-0.2, 0) is 21.6 Å². The normalized spacial score (nSPS) is 30.1. The zero-order chi connectivity index (χ0) is 28.7. The fourth-order valence-electron chi connectivity index (χ4n) is 5.97. The predicted molar refractivity (Wildman–Crippen MR) is 141 cm³/mol. The number of carbonyl (C=O) groups excluding carboxylic acids is 1. The summed E-state index contributed by atoms with van der Waals surface area (Å²) in [6.45, 7) is -3.10. The van der Waals surface area contributed by atoms with Gasteiger partial charge in [-0.2, -0.15) is 8.78 Å². The van der Waals surface area contributed by atoms with Crippen LogP contribution in [0.1, 0.15) is 48.3 Å². The summed E-state index contributed by atoms with van der Waals surface area (Å²) < 4.78 is 53.3. The van der Waals surface area contributed by atoms with Crippen molar-refractivity contribution in [2.24, 2.45) is 5.73 Å². The SMILES string of the molecule is NC(=O)C1=CC(Cl)=C(OC(F)F)[C@@](O)(F)[C@H]1c1cccc2c1CC(CN[C@H]1CC[C@@H](O)CC1)(c1ccccc1)O2. The molecule has 1 amide bonds. The van der Waals surface area contributed by atoms with E-state index in [0.29, 0.717) is 30.7 Å². The summed E-state index contributed by atoms with van der Waals surface area (Å²) >= 11 is 5.96. The van der Waals surface area contributed by atoms with E-state index in [1.54, 1.807) is 12.1 Å². The molecule has 1 fully saturated rings. The third-order valence-electron chi connectivity index (χ3n) is 7.92. The average molecular weight is 579 g/mol. The second-order valence-corrected chi connectivity index (χ2v) is 10.9. The molecule has 5 N–H and O–H groups in total. The van der Waals surface area contributed by atoms with Gasteiger partial charge in [-0.15, -0.1) is 0 Å². The van der Waals surface area contributed by atoms with Gasteiger partial charge in [0.1, 0.15) is 5.75 Å². The van der Waals surface area contributed by atoms with Crippen molar-refractivity contribution in [3.05, 3.63) is 87.7 Å². The first-order valence-corrected chi connectivity index (χ1v) is 13.4. The van der Waals surface area contributed by atoms with Crippen LogP contribution in [0.5, 0.6) is 5.75 Å². The highest BCUT2D eigenvalue weighted by Crippen LogP contribution is 2.52. The van der Waals surface area contributed by atoms with Crippen molar-refractivity contribution in [3.8, 4) is 5.75 Å². The van der Waals surface area contributed by atoms with E-state index >= 15 is 4.39 Å². The van der Waals surface area contributed by atoms with Gasteiger partial charge in [0.15, 0.2) is 11.4 Å². The van der Waals surface area contributed by atoms with Gasteiger partial charge in [0.2, 0.25) is 5.91 Å². The summed E-state index contributed by atoms with van der Waals surface area (Å²) in [5.41, 5.74) is 5.65. The van der Waals surface area contributed by atoms with Gasteiger partial charge in [0.05, 0.1) is 17.1 Å². The molecule has 1 unspecified atom stereocenters. The number of fused-ring (bicyclic) bond motifs is 1. The molecule has 40 heavy (non-hydrogen) atoms. The van der Waals surface area contributed by atoms with Crippen molar-refractivity contribution in [1.29, 1.82) is 0 Å². The lowest BCUT2D eigenvalue weighted by Gasteiger charge is -2.36. The number of aliphatic hydroxyl groups is 2. The monoisotopic (exact) mass is 578 g/mol. The van der Waals surface area contributed by atoms with Gasteiger partial charge in [-0.05, 0) is 49.0 Å². The Morgan fingerprint density at radius 2 is 1.85 bits per heavy atom. The predicted octanol–water partition coefficient (Wildman–Crippen LogP) is 4.27. The Bertz CT molecular complexity index is 1330. The van der Waals surface area contributed by atoms with Crippen molar-refractivity contribution in [2.45, 2.75) is 68.2 Å². The Labute approximate surface area is 234 Å². The van der Waals surface area contributed by atoms with E-state index in [9.17, 15) is 23.8 Å². The molecule has 2 aromatic carbocycles. The summed E-state index contributed by atoms with van der Waals surface area (Å²) in [5, 5.41) is 23.7. The lowest BCUT2D eigenvalue weighted by Crippen LogP contribution is -2.47. The number of aliphatic hydroxyl groups excluding tert-OH is 1. The number of hydrogen-bond acceptors (Lipinski definition) is 6. The number of benzene rings is 2. The van der Waals surface area contributed by atoms with E-state index in [2.05, 4.69) is 10.1 Å². The number of nitrogens with two attached hydrogens (primary N) is 1. The number of primary amides is 1. The lowest BCUT2D eigenvalue weighted by molar-refractivity contribution is -0.171. The smallest absolute Gasteiger partial charge is 0.387 e. The largest absolute Gasteiger partial charge is 0.481 e. The standard InChI is InChI=1S/C29H30ClF3N2O5/c30-22-13-20(26(34)37)24(29(33,38)25(22)39-27(31)32)19-7-4-8-23-21(19)14-28(40-23,16-5-2-1-3-6-16)15-35-17-9-11-18(36)12-10-17/h1-8,13,17-18,24,27,35-36,38H,9-12,14-15H2,(H2,34,37)/t17-,18+,24-,28?,29+/m0/s1. The average Bonchev–Trinajstić information content (AvgIpc) is 3.31. The molecule has 0 aromatic heterocycles. The molecule has 0 radical (unpaired) electrons. The van der Waals surface area contributed by atoms with E-state index in [0.717, 1.165) is 24.5 Å². The molecule has 11 heteroatoms. The molecule has 214 valence electrons. The Morgan fingerprint density at radius 1 is 1.15 bits per heavy atom.